The van der Waals surface area contributed by atoms with E-state index in [0.717, 1.165) is 24.3 Å². The molecule has 0 heterocycles. The minimum atomic E-state index is -1.27. The van der Waals surface area contributed by atoms with Crippen molar-refractivity contribution in [3.05, 3.63) is 47.5 Å². The third-order valence-electron chi connectivity index (χ3n) is 1.84. The summed E-state index contributed by atoms with van der Waals surface area (Å²) in [6, 6.07) is 2.87. The Morgan fingerprint density at radius 3 is 2.65 bits per heavy atom. The highest BCUT2D eigenvalue weighted by molar-refractivity contribution is 5.93. The van der Waals surface area contributed by atoms with Crippen LogP contribution in [0.5, 0.6) is 0 Å². The number of carboxylic acids is 1. The maximum absolute atomic E-state index is 13.1. The number of hydrogen-bond donors (Lipinski definition) is 2. The molecule has 0 bridgehead atoms. The SMILES string of the molecule is O=C(O)/C=C/C(=O)NCc1cc(F)ccc1F. The Kier molecular flexibility index (Phi) is 4.33. The van der Waals surface area contributed by atoms with E-state index < -0.39 is 23.5 Å². The average molecular weight is 241 g/mol. The number of carbonyl (C=O) groups is 2. The Morgan fingerprint density at radius 1 is 1.29 bits per heavy atom. The van der Waals surface area contributed by atoms with Crippen LogP contribution in [0.25, 0.3) is 0 Å². The van der Waals surface area contributed by atoms with Crippen molar-refractivity contribution in [2.75, 3.05) is 0 Å². The minimum Gasteiger partial charge on any atom is -0.478 e. The van der Waals surface area contributed by atoms with Crippen LogP contribution in [0, 0.1) is 11.6 Å². The zero-order valence-electron chi connectivity index (χ0n) is 8.61. The summed E-state index contributed by atoms with van der Waals surface area (Å²) in [4.78, 5) is 21.1. The molecule has 0 aliphatic rings. The Labute approximate surface area is 95.6 Å². The van der Waals surface area contributed by atoms with Gasteiger partial charge in [0.25, 0.3) is 0 Å². The Balaban J connectivity index is 2.58. The van der Waals surface area contributed by atoms with Gasteiger partial charge in [-0.3, -0.25) is 4.79 Å². The van der Waals surface area contributed by atoms with E-state index in [2.05, 4.69) is 5.32 Å². The van der Waals surface area contributed by atoms with E-state index in [1.807, 2.05) is 0 Å². The summed E-state index contributed by atoms with van der Waals surface area (Å²) in [6.45, 7) is -0.216. The van der Waals surface area contributed by atoms with Crippen LogP contribution in [0.2, 0.25) is 0 Å². The molecular formula is C11H9F2NO3. The second kappa shape index (κ2) is 5.74. The molecule has 1 rings (SSSR count). The lowest BCUT2D eigenvalue weighted by atomic mass is 10.2. The monoisotopic (exact) mass is 241 g/mol. The molecule has 0 fully saturated rings. The first-order valence-corrected chi connectivity index (χ1v) is 4.62. The molecule has 1 aromatic rings. The van der Waals surface area contributed by atoms with Crippen LogP contribution in [0.4, 0.5) is 8.78 Å². The topological polar surface area (TPSA) is 66.4 Å². The summed E-state index contributed by atoms with van der Waals surface area (Å²) < 4.78 is 25.9. The van der Waals surface area contributed by atoms with Gasteiger partial charge in [-0.25, -0.2) is 13.6 Å². The molecule has 0 aliphatic heterocycles. The molecule has 1 amide bonds. The molecule has 0 spiro atoms. The quantitative estimate of drug-likeness (QED) is 0.779. The first-order valence-electron chi connectivity index (χ1n) is 4.62. The largest absolute Gasteiger partial charge is 0.478 e. The van der Waals surface area contributed by atoms with Crippen LogP contribution in [-0.4, -0.2) is 17.0 Å². The lowest BCUT2D eigenvalue weighted by Crippen LogP contribution is -2.21. The van der Waals surface area contributed by atoms with Crippen molar-refractivity contribution in [1.82, 2.24) is 5.32 Å². The molecule has 0 radical (unpaired) electrons. The number of aliphatic carboxylic acids is 1. The minimum absolute atomic E-state index is 0.0120. The second-order valence-corrected chi connectivity index (χ2v) is 3.13. The highest BCUT2D eigenvalue weighted by Crippen LogP contribution is 2.08. The number of carboxylic acid groups (broad SMARTS) is 1. The number of halogens is 2. The standard InChI is InChI=1S/C11H9F2NO3/c12-8-1-2-9(13)7(5-8)6-14-10(15)3-4-11(16)17/h1-5H,6H2,(H,14,15)(H,16,17)/b4-3+. The van der Waals surface area contributed by atoms with E-state index in [9.17, 15) is 18.4 Å². The lowest BCUT2D eigenvalue weighted by Gasteiger charge is -2.03. The molecule has 17 heavy (non-hydrogen) atoms. The summed E-state index contributed by atoms with van der Waals surface area (Å²) in [7, 11) is 0. The van der Waals surface area contributed by atoms with E-state index in [1.165, 1.54) is 0 Å². The number of hydrogen-bond acceptors (Lipinski definition) is 2. The van der Waals surface area contributed by atoms with Gasteiger partial charge < -0.3 is 10.4 Å². The number of carbonyl (C=O) groups excluding carboxylic acids is 1. The van der Waals surface area contributed by atoms with Crippen LogP contribution in [-0.2, 0) is 16.1 Å². The summed E-state index contributed by atoms with van der Waals surface area (Å²) in [5, 5.41) is 10.5. The van der Waals surface area contributed by atoms with Gasteiger partial charge in [0.1, 0.15) is 11.6 Å². The van der Waals surface area contributed by atoms with E-state index >= 15 is 0 Å². The van der Waals surface area contributed by atoms with Gasteiger partial charge in [0, 0.05) is 24.3 Å². The van der Waals surface area contributed by atoms with Gasteiger partial charge in [-0.2, -0.15) is 0 Å². The average Bonchev–Trinajstić information content (AvgIpc) is 2.27. The van der Waals surface area contributed by atoms with Gasteiger partial charge in [0.05, 0.1) is 0 Å². The first-order chi connectivity index (χ1) is 7.99. The fraction of sp³-hybridized carbons (Fsp3) is 0.0909. The molecular weight excluding hydrogens is 232 g/mol. The molecule has 4 nitrogen and oxygen atoms in total. The Bertz CT molecular complexity index is 472. The zero-order valence-corrected chi connectivity index (χ0v) is 8.61. The molecule has 2 N–H and O–H groups in total. The first kappa shape index (κ1) is 12.8. The molecule has 0 saturated heterocycles. The molecule has 90 valence electrons. The van der Waals surface area contributed by atoms with Gasteiger partial charge in [-0.15, -0.1) is 0 Å². The maximum Gasteiger partial charge on any atom is 0.328 e. The number of rotatable bonds is 4. The van der Waals surface area contributed by atoms with Gasteiger partial charge in [-0.1, -0.05) is 0 Å². The van der Waals surface area contributed by atoms with Gasteiger partial charge in [0.2, 0.25) is 5.91 Å². The molecule has 0 atom stereocenters. The van der Waals surface area contributed by atoms with Crippen molar-refractivity contribution < 1.29 is 23.5 Å². The Hall–Kier alpha value is -2.24. The highest BCUT2D eigenvalue weighted by Gasteiger charge is 2.04. The molecule has 0 aromatic heterocycles. The maximum atomic E-state index is 13.1. The smallest absolute Gasteiger partial charge is 0.328 e. The van der Waals surface area contributed by atoms with E-state index in [4.69, 9.17) is 5.11 Å². The van der Waals surface area contributed by atoms with E-state index in [-0.39, 0.29) is 12.1 Å². The third-order valence-corrected chi connectivity index (χ3v) is 1.84. The van der Waals surface area contributed by atoms with Gasteiger partial charge >= 0.3 is 5.97 Å². The molecule has 6 heteroatoms. The van der Waals surface area contributed by atoms with Gasteiger partial charge in [0.15, 0.2) is 0 Å². The lowest BCUT2D eigenvalue weighted by molar-refractivity contribution is -0.131. The Morgan fingerprint density at radius 2 is 2.00 bits per heavy atom. The number of benzene rings is 1. The van der Waals surface area contributed by atoms with Crippen LogP contribution in [0.15, 0.2) is 30.4 Å². The van der Waals surface area contributed by atoms with Gasteiger partial charge in [-0.05, 0) is 18.2 Å². The molecule has 1 aromatic carbocycles. The van der Waals surface area contributed by atoms with Crippen LogP contribution >= 0.6 is 0 Å². The van der Waals surface area contributed by atoms with Crippen molar-refractivity contribution in [3.63, 3.8) is 0 Å². The van der Waals surface area contributed by atoms with Crippen molar-refractivity contribution in [3.8, 4) is 0 Å². The fourth-order valence-electron chi connectivity index (χ4n) is 1.07. The van der Waals surface area contributed by atoms with E-state index in [0.29, 0.717) is 6.08 Å². The molecule has 0 saturated carbocycles. The summed E-state index contributed by atoms with van der Waals surface area (Å²) in [5.41, 5.74) is -0.0120. The normalized spacial score (nSPS) is 10.5. The van der Waals surface area contributed by atoms with Crippen LogP contribution in [0.1, 0.15) is 5.56 Å². The van der Waals surface area contributed by atoms with Crippen LogP contribution < -0.4 is 5.32 Å². The van der Waals surface area contributed by atoms with Crippen molar-refractivity contribution in [2.24, 2.45) is 0 Å². The van der Waals surface area contributed by atoms with Crippen molar-refractivity contribution in [2.45, 2.75) is 6.54 Å². The summed E-state index contributed by atoms with van der Waals surface area (Å²) in [6.07, 6.45) is 1.44. The number of amides is 1. The fourth-order valence-corrected chi connectivity index (χ4v) is 1.07. The predicted octanol–water partition coefficient (Wildman–Crippen LogP) is 1.22. The second-order valence-electron chi connectivity index (χ2n) is 3.13. The van der Waals surface area contributed by atoms with Crippen molar-refractivity contribution in [1.29, 1.82) is 0 Å². The molecule has 0 aliphatic carbocycles. The summed E-state index contributed by atoms with van der Waals surface area (Å²) >= 11 is 0. The third kappa shape index (κ3) is 4.42. The predicted molar refractivity (Wildman–Crippen MR) is 55.0 cm³/mol. The summed E-state index contributed by atoms with van der Waals surface area (Å²) in [5.74, 6) is -3.22. The molecule has 0 unspecified atom stereocenters. The highest BCUT2D eigenvalue weighted by atomic mass is 19.1. The van der Waals surface area contributed by atoms with E-state index in [1.54, 1.807) is 0 Å². The van der Waals surface area contributed by atoms with Crippen LogP contribution in [0.3, 0.4) is 0 Å². The zero-order chi connectivity index (χ0) is 12.8. The van der Waals surface area contributed by atoms with Crippen molar-refractivity contribution >= 4 is 11.9 Å². The number of nitrogens with one attached hydrogen (secondary N) is 1.